The summed E-state index contributed by atoms with van der Waals surface area (Å²) >= 11 is 0. The number of benzene rings is 2. The van der Waals surface area contributed by atoms with Crippen molar-refractivity contribution in [1.29, 1.82) is 0 Å². The highest BCUT2D eigenvalue weighted by atomic mass is 16.6. The summed E-state index contributed by atoms with van der Waals surface area (Å²) in [6.07, 6.45) is 0. The maximum absolute atomic E-state index is 5.49. The average molecular weight is 259 g/mol. The Morgan fingerprint density at radius 2 is 1.37 bits per heavy atom. The lowest BCUT2D eigenvalue weighted by molar-refractivity contribution is 0.171. The van der Waals surface area contributed by atoms with E-state index in [4.69, 9.17) is 21.1 Å². The first-order valence-electron chi connectivity index (χ1n) is 5.97. The largest absolute Gasteiger partial charge is 0.486 e. The van der Waals surface area contributed by atoms with Gasteiger partial charge in [0.05, 0.1) is 11.4 Å². The molecule has 0 aliphatic carbocycles. The zero-order valence-electron chi connectivity index (χ0n) is 10.5. The van der Waals surface area contributed by atoms with E-state index in [2.05, 4.69) is 5.43 Å². The number of hydrogen-bond acceptors (Lipinski definition) is 5. The van der Waals surface area contributed by atoms with Crippen LogP contribution in [0.4, 0.5) is 11.4 Å². The zero-order valence-corrected chi connectivity index (χ0v) is 10.5. The molecule has 5 N–H and O–H groups in total. The fourth-order valence-corrected chi connectivity index (χ4v) is 1.62. The fourth-order valence-electron chi connectivity index (χ4n) is 1.62. The Morgan fingerprint density at radius 1 is 0.842 bits per heavy atom. The molecule has 0 saturated carbocycles. The van der Waals surface area contributed by atoms with E-state index in [9.17, 15) is 0 Å². The molecule has 0 atom stereocenters. The maximum Gasteiger partial charge on any atom is 0.161 e. The molecule has 0 unspecified atom stereocenters. The average Bonchev–Trinajstić information content (AvgIpc) is 2.49. The molecular weight excluding hydrogens is 242 g/mol. The van der Waals surface area contributed by atoms with Crippen molar-refractivity contribution in [3.8, 4) is 11.5 Å². The predicted molar refractivity (Wildman–Crippen MR) is 76.1 cm³/mol. The number of hydrazine groups is 1. The summed E-state index contributed by atoms with van der Waals surface area (Å²) in [5, 5.41) is 0. The number of nitrogens with one attached hydrogen (secondary N) is 1. The molecule has 1 aliphatic rings. The molecule has 3 rings (SSSR count). The molecule has 100 valence electrons. The number of para-hydroxylation sites is 4. The van der Waals surface area contributed by atoms with Gasteiger partial charge in [0.2, 0.25) is 0 Å². The second-order valence-corrected chi connectivity index (χ2v) is 3.88. The Kier molecular flexibility index (Phi) is 4.47. The lowest BCUT2D eigenvalue weighted by Crippen LogP contribution is -2.14. The van der Waals surface area contributed by atoms with E-state index in [1.165, 1.54) is 0 Å². The SMILES string of the molecule is NNc1ccccc1N.c1ccc2c(c1)OCCO2. The van der Waals surface area contributed by atoms with Gasteiger partial charge in [-0.25, -0.2) is 0 Å². The highest BCUT2D eigenvalue weighted by molar-refractivity contribution is 5.64. The summed E-state index contributed by atoms with van der Waals surface area (Å²) in [7, 11) is 0. The number of nitrogen functional groups attached to an aromatic ring is 2. The Labute approximate surface area is 112 Å². The molecule has 0 saturated heterocycles. The zero-order chi connectivity index (χ0) is 13.5. The third-order valence-electron chi connectivity index (χ3n) is 2.56. The minimum atomic E-state index is 0.664. The molecule has 0 bridgehead atoms. The Morgan fingerprint density at radius 3 is 1.84 bits per heavy atom. The van der Waals surface area contributed by atoms with Crippen LogP contribution in [-0.2, 0) is 0 Å². The van der Waals surface area contributed by atoms with Gasteiger partial charge in [-0.2, -0.15) is 0 Å². The van der Waals surface area contributed by atoms with E-state index in [0.717, 1.165) is 17.2 Å². The van der Waals surface area contributed by atoms with Crippen molar-refractivity contribution in [3.63, 3.8) is 0 Å². The van der Waals surface area contributed by atoms with Crippen LogP contribution in [-0.4, -0.2) is 13.2 Å². The van der Waals surface area contributed by atoms with Gasteiger partial charge < -0.3 is 20.6 Å². The molecule has 0 amide bonds. The molecule has 2 aromatic carbocycles. The first kappa shape index (κ1) is 13.0. The van der Waals surface area contributed by atoms with Gasteiger partial charge in [0.1, 0.15) is 13.2 Å². The van der Waals surface area contributed by atoms with Gasteiger partial charge in [-0.3, -0.25) is 5.84 Å². The van der Waals surface area contributed by atoms with Crippen molar-refractivity contribution in [2.24, 2.45) is 5.84 Å². The highest BCUT2D eigenvalue weighted by Crippen LogP contribution is 2.28. The van der Waals surface area contributed by atoms with Crippen LogP contribution in [0.2, 0.25) is 0 Å². The Bertz CT molecular complexity index is 507. The minimum absolute atomic E-state index is 0.664. The topological polar surface area (TPSA) is 82.5 Å². The van der Waals surface area contributed by atoms with E-state index in [-0.39, 0.29) is 0 Å². The lowest BCUT2D eigenvalue weighted by Gasteiger charge is -2.17. The molecule has 1 heterocycles. The normalized spacial score (nSPS) is 12.1. The fraction of sp³-hybridized carbons (Fsp3) is 0.143. The molecule has 5 heteroatoms. The van der Waals surface area contributed by atoms with E-state index in [0.29, 0.717) is 18.9 Å². The third kappa shape index (κ3) is 3.53. The van der Waals surface area contributed by atoms with E-state index in [1.807, 2.05) is 42.5 Å². The summed E-state index contributed by atoms with van der Waals surface area (Å²) in [5.74, 6) is 6.83. The van der Waals surface area contributed by atoms with Crippen molar-refractivity contribution in [2.45, 2.75) is 0 Å². The molecule has 0 radical (unpaired) electrons. The molecule has 0 fully saturated rings. The van der Waals surface area contributed by atoms with Crippen LogP contribution in [0.3, 0.4) is 0 Å². The summed E-state index contributed by atoms with van der Waals surface area (Å²) < 4.78 is 10.6. The second kappa shape index (κ2) is 6.51. The summed E-state index contributed by atoms with van der Waals surface area (Å²) in [4.78, 5) is 0. The van der Waals surface area contributed by atoms with Crippen molar-refractivity contribution in [2.75, 3.05) is 24.4 Å². The quantitative estimate of drug-likeness (QED) is 0.414. The number of rotatable bonds is 1. The summed E-state index contributed by atoms with van der Waals surface area (Å²) in [6.45, 7) is 1.33. The Balaban J connectivity index is 0.000000141. The van der Waals surface area contributed by atoms with Crippen LogP contribution in [0.5, 0.6) is 11.5 Å². The first-order valence-corrected chi connectivity index (χ1v) is 5.97. The number of anilines is 2. The van der Waals surface area contributed by atoms with Gasteiger partial charge in [-0.05, 0) is 24.3 Å². The number of nitrogens with two attached hydrogens (primary N) is 2. The second-order valence-electron chi connectivity index (χ2n) is 3.88. The van der Waals surface area contributed by atoms with Crippen LogP contribution in [0.25, 0.3) is 0 Å². The maximum atomic E-state index is 5.49. The number of fused-ring (bicyclic) bond motifs is 1. The van der Waals surface area contributed by atoms with Gasteiger partial charge in [-0.15, -0.1) is 0 Å². The molecule has 1 aliphatic heterocycles. The number of ether oxygens (including phenoxy) is 2. The predicted octanol–water partition coefficient (Wildman–Crippen LogP) is 2.01. The summed E-state index contributed by atoms with van der Waals surface area (Å²) in [5.41, 5.74) is 9.39. The molecule has 0 spiro atoms. The van der Waals surface area contributed by atoms with Crippen LogP contribution >= 0.6 is 0 Å². The first-order chi connectivity index (χ1) is 9.31. The molecule has 5 nitrogen and oxygen atoms in total. The van der Waals surface area contributed by atoms with E-state index < -0.39 is 0 Å². The van der Waals surface area contributed by atoms with Crippen molar-refractivity contribution in [1.82, 2.24) is 0 Å². The molecule has 0 aromatic heterocycles. The molecule has 19 heavy (non-hydrogen) atoms. The van der Waals surface area contributed by atoms with Crippen LogP contribution in [0.1, 0.15) is 0 Å². The number of hydrogen-bond donors (Lipinski definition) is 3. The third-order valence-corrected chi connectivity index (χ3v) is 2.56. The van der Waals surface area contributed by atoms with Crippen LogP contribution < -0.4 is 26.5 Å². The molecular formula is C14H17N3O2. The van der Waals surface area contributed by atoms with Gasteiger partial charge in [-0.1, -0.05) is 24.3 Å². The van der Waals surface area contributed by atoms with Gasteiger partial charge in [0.25, 0.3) is 0 Å². The monoisotopic (exact) mass is 259 g/mol. The molecule has 2 aromatic rings. The Hall–Kier alpha value is -2.40. The smallest absolute Gasteiger partial charge is 0.161 e. The van der Waals surface area contributed by atoms with E-state index >= 15 is 0 Å². The van der Waals surface area contributed by atoms with Gasteiger partial charge >= 0.3 is 0 Å². The minimum Gasteiger partial charge on any atom is -0.486 e. The standard InChI is InChI=1S/C8H8O2.C6H9N3/c1-2-4-8-7(3-1)9-5-6-10-8;7-5-3-1-2-4-6(5)9-8/h1-4H,5-6H2;1-4,9H,7-8H2. The van der Waals surface area contributed by atoms with Gasteiger partial charge in [0.15, 0.2) is 11.5 Å². The van der Waals surface area contributed by atoms with Gasteiger partial charge in [0, 0.05) is 0 Å². The summed E-state index contributed by atoms with van der Waals surface area (Å²) in [6, 6.07) is 15.0. The highest BCUT2D eigenvalue weighted by Gasteiger charge is 2.07. The van der Waals surface area contributed by atoms with Crippen LogP contribution in [0, 0.1) is 0 Å². The van der Waals surface area contributed by atoms with E-state index in [1.54, 1.807) is 6.07 Å². The van der Waals surface area contributed by atoms with Crippen molar-refractivity contribution >= 4 is 11.4 Å². The lowest BCUT2D eigenvalue weighted by atomic mass is 10.3. The van der Waals surface area contributed by atoms with Crippen LogP contribution in [0.15, 0.2) is 48.5 Å². The van der Waals surface area contributed by atoms with Crippen molar-refractivity contribution in [3.05, 3.63) is 48.5 Å². The van der Waals surface area contributed by atoms with Crippen molar-refractivity contribution < 1.29 is 9.47 Å².